The highest BCUT2D eigenvalue weighted by atomic mass is 16.4. The van der Waals surface area contributed by atoms with Crippen molar-refractivity contribution in [3.8, 4) is 0 Å². The Balaban J connectivity index is 3.77. The largest absolute Gasteiger partial charge is 0.480 e. The minimum absolute atomic E-state index is 0.225. The molecule has 1 atom stereocenters. The number of hydrogen-bond donors (Lipinski definition) is 3. The van der Waals surface area contributed by atoms with Gasteiger partial charge in [0.15, 0.2) is 0 Å². The van der Waals surface area contributed by atoms with Gasteiger partial charge in [-0.25, -0.2) is 4.79 Å². The smallest absolute Gasteiger partial charge is 0.326 e. The predicted octanol–water partition coefficient (Wildman–Crippen LogP) is 0.354. The number of aliphatic carboxylic acids is 1. The number of carboxylic acids is 1. The third-order valence-electron chi connectivity index (χ3n) is 1.95. The van der Waals surface area contributed by atoms with Gasteiger partial charge in [-0.3, -0.25) is 4.79 Å². The number of hydrogen-bond acceptors (Lipinski definition) is 3. The Morgan fingerprint density at radius 3 is 2.33 bits per heavy atom. The third-order valence-corrected chi connectivity index (χ3v) is 1.95. The lowest BCUT2D eigenvalue weighted by molar-refractivity contribution is -0.141. The van der Waals surface area contributed by atoms with Crippen molar-refractivity contribution in [3.05, 3.63) is 0 Å². The van der Waals surface area contributed by atoms with Crippen molar-refractivity contribution in [2.75, 3.05) is 6.54 Å². The molecule has 88 valence electrons. The van der Waals surface area contributed by atoms with Crippen molar-refractivity contribution in [1.82, 2.24) is 10.6 Å². The van der Waals surface area contributed by atoms with Crippen LogP contribution >= 0.6 is 0 Å². The van der Waals surface area contributed by atoms with Crippen LogP contribution in [0.15, 0.2) is 0 Å². The summed E-state index contributed by atoms with van der Waals surface area (Å²) in [6.45, 7) is 6.28. The number of carbonyl (C=O) groups excluding carboxylic acids is 1. The summed E-state index contributed by atoms with van der Waals surface area (Å²) in [6.07, 6.45) is 0.709. The third kappa shape index (κ3) is 6.90. The first-order valence-electron chi connectivity index (χ1n) is 5.23. The lowest BCUT2D eigenvalue weighted by Crippen LogP contribution is -2.41. The summed E-state index contributed by atoms with van der Waals surface area (Å²) in [5.41, 5.74) is 0. The fourth-order valence-electron chi connectivity index (χ4n) is 1.08. The fourth-order valence-corrected chi connectivity index (χ4v) is 1.08. The maximum atomic E-state index is 11.3. The Hall–Kier alpha value is -1.10. The van der Waals surface area contributed by atoms with Crippen LogP contribution in [0.5, 0.6) is 0 Å². The number of nitrogens with one attached hydrogen (secondary N) is 2. The monoisotopic (exact) mass is 216 g/mol. The van der Waals surface area contributed by atoms with Crippen LogP contribution in [0, 0.1) is 0 Å². The number of carbonyl (C=O) groups is 2. The van der Waals surface area contributed by atoms with Crippen LogP contribution in [0.25, 0.3) is 0 Å². The lowest BCUT2D eigenvalue weighted by Gasteiger charge is -2.13. The zero-order valence-electron chi connectivity index (χ0n) is 9.54. The van der Waals surface area contributed by atoms with E-state index in [1.165, 1.54) is 0 Å². The standard InChI is InChI=1S/C10H20N2O3/c1-4-8(10(14)15)12-9(13)5-6-11-7(2)3/h7-8,11H,4-6H2,1-3H3,(H,12,13)(H,14,15). The molecule has 0 fully saturated rings. The van der Waals surface area contributed by atoms with Crippen LogP contribution in [0.1, 0.15) is 33.6 Å². The molecule has 3 N–H and O–H groups in total. The molecule has 0 spiro atoms. The summed E-state index contributed by atoms with van der Waals surface area (Å²) in [5.74, 6) is -1.21. The molecule has 0 saturated heterocycles. The first kappa shape index (κ1) is 13.9. The molecule has 5 heteroatoms. The summed E-state index contributed by atoms with van der Waals surface area (Å²) in [6, 6.07) is -0.434. The van der Waals surface area contributed by atoms with Gasteiger partial charge >= 0.3 is 5.97 Å². The second-order valence-corrected chi connectivity index (χ2v) is 3.73. The summed E-state index contributed by atoms with van der Waals surface area (Å²) in [7, 11) is 0. The summed E-state index contributed by atoms with van der Waals surface area (Å²) >= 11 is 0. The highest BCUT2D eigenvalue weighted by molar-refractivity contribution is 5.83. The van der Waals surface area contributed by atoms with Gasteiger partial charge in [0.1, 0.15) is 6.04 Å². The average Bonchev–Trinajstić information content (AvgIpc) is 2.13. The molecule has 0 aliphatic carbocycles. The Kier molecular flexibility index (Phi) is 6.70. The summed E-state index contributed by atoms with van der Waals surface area (Å²) in [5, 5.41) is 14.3. The summed E-state index contributed by atoms with van der Waals surface area (Å²) in [4.78, 5) is 21.9. The molecule has 0 saturated carbocycles. The molecule has 0 rings (SSSR count). The zero-order valence-corrected chi connectivity index (χ0v) is 9.54. The van der Waals surface area contributed by atoms with E-state index < -0.39 is 12.0 Å². The van der Waals surface area contributed by atoms with E-state index in [2.05, 4.69) is 10.6 Å². The van der Waals surface area contributed by atoms with Crippen molar-refractivity contribution in [3.63, 3.8) is 0 Å². The van der Waals surface area contributed by atoms with E-state index in [-0.39, 0.29) is 5.91 Å². The van der Waals surface area contributed by atoms with E-state index in [0.29, 0.717) is 25.4 Å². The number of amides is 1. The van der Waals surface area contributed by atoms with Gasteiger partial charge in [0, 0.05) is 19.0 Å². The minimum atomic E-state index is -0.984. The van der Waals surface area contributed by atoms with E-state index in [4.69, 9.17) is 5.11 Å². The lowest BCUT2D eigenvalue weighted by atomic mass is 10.2. The van der Waals surface area contributed by atoms with Crippen LogP contribution in [-0.4, -0.2) is 35.6 Å². The quantitative estimate of drug-likeness (QED) is 0.574. The van der Waals surface area contributed by atoms with Crippen LogP contribution in [0.2, 0.25) is 0 Å². The fraction of sp³-hybridized carbons (Fsp3) is 0.800. The van der Waals surface area contributed by atoms with Crippen LogP contribution in [0.4, 0.5) is 0 Å². The van der Waals surface area contributed by atoms with Gasteiger partial charge in [0.25, 0.3) is 0 Å². The Bertz CT molecular complexity index is 217. The van der Waals surface area contributed by atoms with Crippen molar-refractivity contribution >= 4 is 11.9 Å². The topological polar surface area (TPSA) is 78.4 Å². The Morgan fingerprint density at radius 2 is 1.93 bits per heavy atom. The van der Waals surface area contributed by atoms with Gasteiger partial charge in [0.2, 0.25) is 5.91 Å². The van der Waals surface area contributed by atoms with Crippen molar-refractivity contribution in [2.45, 2.75) is 45.7 Å². The van der Waals surface area contributed by atoms with Gasteiger partial charge in [-0.2, -0.15) is 0 Å². The van der Waals surface area contributed by atoms with Crippen molar-refractivity contribution < 1.29 is 14.7 Å². The van der Waals surface area contributed by atoms with Gasteiger partial charge in [-0.05, 0) is 6.42 Å². The molecule has 15 heavy (non-hydrogen) atoms. The van der Waals surface area contributed by atoms with Gasteiger partial charge in [-0.15, -0.1) is 0 Å². The Morgan fingerprint density at radius 1 is 1.33 bits per heavy atom. The van der Waals surface area contributed by atoms with Gasteiger partial charge < -0.3 is 15.7 Å². The molecule has 0 aromatic carbocycles. The maximum Gasteiger partial charge on any atom is 0.326 e. The zero-order chi connectivity index (χ0) is 11.8. The molecule has 0 bridgehead atoms. The van der Waals surface area contributed by atoms with E-state index in [0.717, 1.165) is 0 Å². The second-order valence-electron chi connectivity index (χ2n) is 3.73. The molecule has 0 aliphatic heterocycles. The molecular weight excluding hydrogens is 196 g/mol. The molecule has 0 aromatic heterocycles. The van der Waals surface area contributed by atoms with Gasteiger partial charge in [0.05, 0.1) is 0 Å². The van der Waals surface area contributed by atoms with E-state index >= 15 is 0 Å². The first-order valence-corrected chi connectivity index (χ1v) is 5.23. The second kappa shape index (κ2) is 7.23. The molecule has 1 unspecified atom stereocenters. The van der Waals surface area contributed by atoms with E-state index in [1.54, 1.807) is 6.92 Å². The Labute approximate surface area is 90.2 Å². The minimum Gasteiger partial charge on any atom is -0.480 e. The SMILES string of the molecule is CCC(NC(=O)CCNC(C)C)C(=O)O. The molecule has 0 heterocycles. The van der Waals surface area contributed by atoms with E-state index in [1.807, 2.05) is 13.8 Å². The normalized spacial score (nSPS) is 12.5. The molecule has 0 aromatic rings. The van der Waals surface area contributed by atoms with Gasteiger partial charge in [-0.1, -0.05) is 20.8 Å². The van der Waals surface area contributed by atoms with Crippen molar-refractivity contribution in [1.29, 1.82) is 0 Å². The predicted molar refractivity (Wildman–Crippen MR) is 57.6 cm³/mol. The van der Waals surface area contributed by atoms with Crippen LogP contribution in [-0.2, 0) is 9.59 Å². The summed E-state index contributed by atoms with van der Waals surface area (Å²) < 4.78 is 0. The highest BCUT2D eigenvalue weighted by Crippen LogP contribution is 1.92. The van der Waals surface area contributed by atoms with Crippen molar-refractivity contribution in [2.24, 2.45) is 0 Å². The first-order chi connectivity index (χ1) is 6.97. The van der Waals surface area contributed by atoms with Crippen LogP contribution < -0.4 is 10.6 Å². The molecule has 0 aliphatic rings. The average molecular weight is 216 g/mol. The maximum absolute atomic E-state index is 11.3. The molecular formula is C10H20N2O3. The number of rotatable bonds is 7. The molecule has 1 amide bonds. The van der Waals surface area contributed by atoms with Crippen LogP contribution in [0.3, 0.4) is 0 Å². The number of carboxylic acid groups (broad SMARTS) is 1. The van der Waals surface area contributed by atoms with E-state index in [9.17, 15) is 9.59 Å². The molecule has 0 radical (unpaired) electrons. The highest BCUT2D eigenvalue weighted by Gasteiger charge is 2.16. The molecule has 5 nitrogen and oxygen atoms in total.